The minimum Gasteiger partial charge on any atom is -0.395 e. The summed E-state index contributed by atoms with van der Waals surface area (Å²) in [6.07, 6.45) is 0.776. The first-order chi connectivity index (χ1) is 8.95. The second-order valence-corrected chi connectivity index (χ2v) is 5.48. The molecule has 104 valence electrons. The van der Waals surface area contributed by atoms with Crippen LogP contribution in [0.1, 0.15) is 32.5 Å². The number of rotatable bonds is 4. The van der Waals surface area contributed by atoms with Gasteiger partial charge in [-0.05, 0) is 32.0 Å². The summed E-state index contributed by atoms with van der Waals surface area (Å²) in [6.45, 7) is 5.88. The van der Waals surface area contributed by atoms with Crippen LogP contribution in [0.5, 0.6) is 0 Å². The minimum absolute atomic E-state index is 0.0360. The van der Waals surface area contributed by atoms with E-state index >= 15 is 0 Å². The lowest BCUT2D eigenvalue weighted by Gasteiger charge is -2.08. The molecule has 0 aliphatic carbocycles. The molecule has 3 N–H and O–H groups in total. The number of hydrogen-bond donors (Lipinski definition) is 2. The van der Waals surface area contributed by atoms with Crippen LogP contribution in [0.15, 0.2) is 15.0 Å². The van der Waals surface area contributed by atoms with Crippen LogP contribution in [0, 0.1) is 0 Å². The van der Waals surface area contributed by atoms with Crippen molar-refractivity contribution in [1.29, 1.82) is 0 Å². The molecule has 7 nitrogen and oxygen atoms in total. The van der Waals surface area contributed by atoms with E-state index < -0.39 is 0 Å². The fourth-order valence-corrected chi connectivity index (χ4v) is 2.92. The van der Waals surface area contributed by atoms with Gasteiger partial charge in [0.2, 0.25) is 0 Å². The summed E-state index contributed by atoms with van der Waals surface area (Å²) in [4.78, 5) is 11.7. The van der Waals surface area contributed by atoms with Gasteiger partial charge in [0.05, 0.1) is 11.4 Å². The minimum atomic E-state index is -0.214. The number of nitrogens with zero attached hydrogens (tertiary/aromatic N) is 4. The highest BCUT2D eigenvalue weighted by molar-refractivity contribution is 7.99. The molecule has 0 aliphatic rings. The Labute approximate surface area is 115 Å². The Kier molecular flexibility index (Phi) is 3.70. The molecule has 2 rings (SSSR count). The summed E-state index contributed by atoms with van der Waals surface area (Å²) in [6, 6.07) is 0.0360. The molecule has 0 fully saturated rings. The number of aromatic amines is 1. The lowest BCUT2D eigenvalue weighted by molar-refractivity contribution is 0.533. The van der Waals surface area contributed by atoms with Gasteiger partial charge in [-0.15, -0.1) is 5.10 Å². The van der Waals surface area contributed by atoms with Crippen molar-refractivity contribution in [3.63, 3.8) is 0 Å². The van der Waals surface area contributed by atoms with Crippen molar-refractivity contribution in [1.82, 2.24) is 24.5 Å². The number of H-pyrrole nitrogens is 1. The van der Waals surface area contributed by atoms with E-state index in [1.807, 2.05) is 27.8 Å². The molecule has 2 aromatic rings. The third-order valence-electron chi connectivity index (χ3n) is 2.82. The Morgan fingerprint density at radius 2 is 2.16 bits per heavy atom. The van der Waals surface area contributed by atoms with E-state index in [2.05, 4.69) is 15.3 Å². The highest BCUT2D eigenvalue weighted by Gasteiger charge is 2.18. The van der Waals surface area contributed by atoms with Gasteiger partial charge in [-0.2, -0.15) is 5.10 Å². The number of nitrogen functional groups attached to an aromatic ring is 1. The smallest absolute Gasteiger partial charge is 0.344 e. The zero-order chi connectivity index (χ0) is 14.2. The average Bonchev–Trinajstić information content (AvgIpc) is 2.84. The Morgan fingerprint density at radius 3 is 2.68 bits per heavy atom. The normalized spacial score (nSPS) is 11.4. The monoisotopic (exact) mass is 282 g/mol. The fourth-order valence-electron chi connectivity index (χ4n) is 1.86. The highest BCUT2D eigenvalue weighted by atomic mass is 32.2. The third-order valence-corrected chi connectivity index (χ3v) is 3.97. The van der Waals surface area contributed by atoms with Gasteiger partial charge < -0.3 is 5.73 Å². The maximum atomic E-state index is 11.7. The van der Waals surface area contributed by atoms with Gasteiger partial charge in [-0.3, -0.25) is 9.25 Å². The zero-order valence-electron chi connectivity index (χ0n) is 11.5. The quantitative estimate of drug-likeness (QED) is 0.878. The van der Waals surface area contributed by atoms with Crippen LogP contribution in [0.25, 0.3) is 0 Å². The van der Waals surface area contributed by atoms with E-state index in [0.29, 0.717) is 10.8 Å². The number of anilines is 1. The first-order valence-corrected chi connectivity index (χ1v) is 6.93. The molecule has 8 heteroatoms. The first-order valence-electron chi connectivity index (χ1n) is 6.11. The maximum absolute atomic E-state index is 11.7. The number of hydrogen-bond acceptors (Lipinski definition) is 5. The molecule has 2 aromatic heterocycles. The van der Waals surface area contributed by atoms with E-state index in [0.717, 1.165) is 17.1 Å². The molecular weight excluding hydrogens is 264 g/mol. The number of aromatic nitrogens is 5. The van der Waals surface area contributed by atoms with Crippen LogP contribution in [0.2, 0.25) is 0 Å². The molecule has 0 radical (unpaired) electrons. The zero-order valence-corrected chi connectivity index (χ0v) is 12.3. The fraction of sp³-hybridized carbons (Fsp3) is 0.545. The van der Waals surface area contributed by atoms with Crippen molar-refractivity contribution in [2.75, 3.05) is 5.73 Å². The van der Waals surface area contributed by atoms with Gasteiger partial charge in [-0.25, -0.2) is 9.89 Å². The Balaban J connectivity index is 2.42. The Bertz CT molecular complexity index is 638. The second kappa shape index (κ2) is 5.12. The summed E-state index contributed by atoms with van der Waals surface area (Å²) in [7, 11) is 1.84. The lowest BCUT2D eigenvalue weighted by atomic mass is 10.3. The Hall–Kier alpha value is -1.70. The molecule has 0 aliphatic heterocycles. The van der Waals surface area contributed by atoms with Crippen LogP contribution >= 0.6 is 11.8 Å². The number of nitrogens with one attached hydrogen (secondary N) is 1. The largest absolute Gasteiger partial charge is 0.395 e. The molecule has 0 atom stereocenters. The molecule has 2 heterocycles. The van der Waals surface area contributed by atoms with Crippen molar-refractivity contribution in [3.05, 3.63) is 16.2 Å². The van der Waals surface area contributed by atoms with Gasteiger partial charge in [0.15, 0.2) is 5.16 Å². The molecule has 0 saturated heterocycles. The van der Waals surface area contributed by atoms with Crippen molar-refractivity contribution < 1.29 is 0 Å². The summed E-state index contributed by atoms with van der Waals surface area (Å²) in [5, 5.41) is 12.3. The van der Waals surface area contributed by atoms with Crippen LogP contribution in [-0.4, -0.2) is 24.5 Å². The van der Waals surface area contributed by atoms with Crippen molar-refractivity contribution in [2.45, 2.75) is 43.4 Å². The lowest BCUT2D eigenvalue weighted by Crippen LogP contribution is -2.19. The van der Waals surface area contributed by atoms with E-state index in [4.69, 9.17) is 5.73 Å². The second-order valence-electron chi connectivity index (χ2n) is 4.52. The van der Waals surface area contributed by atoms with Gasteiger partial charge >= 0.3 is 5.69 Å². The summed E-state index contributed by atoms with van der Waals surface area (Å²) in [5.41, 5.74) is 7.37. The molecular formula is C11H18N6OS. The van der Waals surface area contributed by atoms with Crippen LogP contribution in [0.3, 0.4) is 0 Å². The SMILES string of the molecule is CCc1nn(C)c(Sc2n[nH]c(=O)n2C(C)C)c1N. The molecule has 0 spiro atoms. The third kappa shape index (κ3) is 2.40. The standard InChI is InChI=1S/C11H18N6OS/c1-5-7-8(12)9(16(4)15-7)19-11-14-13-10(18)17(11)6(2)3/h6H,5,12H2,1-4H3,(H,13,18). The van der Waals surface area contributed by atoms with Gasteiger partial charge in [-0.1, -0.05) is 6.92 Å². The van der Waals surface area contributed by atoms with E-state index in [1.54, 1.807) is 9.25 Å². The summed E-state index contributed by atoms with van der Waals surface area (Å²) in [5.74, 6) is 0. The molecule has 0 unspecified atom stereocenters. The molecule has 0 bridgehead atoms. The summed E-state index contributed by atoms with van der Waals surface area (Å²) < 4.78 is 3.32. The molecule has 0 aromatic carbocycles. The number of aryl methyl sites for hydroxylation is 2. The van der Waals surface area contributed by atoms with Gasteiger partial charge in [0.25, 0.3) is 0 Å². The topological polar surface area (TPSA) is 94.5 Å². The van der Waals surface area contributed by atoms with E-state index in [1.165, 1.54) is 11.8 Å². The van der Waals surface area contributed by atoms with E-state index in [-0.39, 0.29) is 11.7 Å². The van der Waals surface area contributed by atoms with Gasteiger partial charge in [0.1, 0.15) is 5.03 Å². The van der Waals surface area contributed by atoms with Crippen molar-refractivity contribution >= 4 is 17.4 Å². The van der Waals surface area contributed by atoms with Crippen LogP contribution in [0.4, 0.5) is 5.69 Å². The average molecular weight is 282 g/mol. The van der Waals surface area contributed by atoms with Crippen molar-refractivity contribution in [3.8, 4) is 0 Å². The highest BCUT2D eigenvalue weighted by Crippen LogP contribution is 2.32. The predicted octanol–water partition coefficient (Wildman–Crippen LogP) is 1.18. The first kappa shape index (κ1) is 13.7. The van der Waals surface area contributed by atoms with Gasteiger partial charge in [0, 0.05) is 13.1 Å². The summed E-state index contributed by atoms with van der Waals surface area (Å²) >= 11 is 1.35. The molecule has 0 saturated carbocycles. The Morgan fingerprint density at radius 1 is 1.47 bits per heavy atom. The van der Waals surface area contributed by atoms with E-state index in [9.17, 15) is 4.79 Å². The maximum Gasteiger partial charge on any atom is 0.344 e. The van der Waals surface area contributed by atoms with Crippen LogP contribution < -0.4 is 11.4 Å². The molecule has 0 amide bonds. The molecule has 19 heavy (non-hydrogen) atoms. The predicted molar refractivity (Wildman–Crippen MR) is 74.4 cm³/mol. The van der Waals surface area contributed by atoms with Crippen molar-refractivity contribution in [2.24, 2.45) is 7.05 Å². The van der Waals surface area contributed by atoms with Crippen LogP contribution in [-0.2, 0) is 13.5 Å². The number of nitrogens with two attached hydrogens (primary N) is 1.